The number of aryl methyl sites for hydroxylation is 1. The van der Waals surface area contributed by atoms with Crippen molar-refractivity contribution in [1.29, 1.82) is 0 Å². The molecular weight excluding hydrogens is 256 g/mol. The fourth-order valence-corrected chi connectivity index (χ4v) is 1.56. The second kappa shape index (κ2) is 5.88. The Morgan fingerprint density at radius 3 is 2.45 bits per heavy atom. The van der Waals surface area contributed by atoms with E-state index in [-0.39, 0.29) is 17.4 Å². The lowest BCUT2D eigenvalue weighted by atomic mass is 10.1. The summed E-state index contributed by atoms with van der Waals surface area (Å²) in [4.78, 5) is 11.8. The van der Waals surface area contributed by atoms with Crippen LogP contribution in [0.3, 0.4) is 0 Å². The van der Waals surface area contributed by atoms with Crippen molar-refractivity contribution in [3.63, 3.8) is 0 Å². The van der Waals surface area contributed by atoms with Gasteiger partial charge in [-0.3, -0.25) is 4.79 Å². The molecule has 0 aromatic heterocycles. The number of rotatable bonds is 3. The molecule has 20 heavy (non-hydrogen) atoms. The van der Waals surface area contributed by atoms with E-state index in [1.54, 1.807) is 18.2 Å². The number of phenolic OH excluding ortho intramolecular Hbond substituents is 2. The number of phenols is 2. The van der Waals surface area contributed by atoms with Crippen molar-refractivity contribution in [2.24, 2.45) is 5.10 Å². The van der Waals surface area contributed by atoms with Crippen molar-refractivity contribution < 1.29 is 15.0 Å². The van der Waals surface area contributed by atoms with Crippen LogP contribution < -0.4 is 5.43 Å². The van der Waals surface area contributed by atoms with Gasteiger partial charge in [0.15, 0.2) is 11.5 Å². The van der Waals surface area contributed by atoms with Crippen LogP contribution in [0.5, 0.6) is 11.5 Å². The van der Waals surface area contributed by atoms with E-state index in [4.69, 9.17) is 5.11 Å². The minimum atomic E-state index is -0.316. The maximum atomic E-state index is 11.8. The highest BCUT2D eigenvalue weighted by molar-refractivity contribution is 5.94. The van der Waals surface area contributed by atoms with Gasteiger partial charge >= 0.3 is 0 Å². The van der Waals surface area contributed by atoms with Crippen LogP contribution in [0.4, 0.5) is 0 Å². The quantitative estimate of drug-likeness (QED) is 0.454. The van der Waals surface area contributed by atoms with E-state index in [0.29, 0.717) is 11.1 Å². The first kappa shape index (κ1) is 13.6. The van der Waals surface area contributed by atoms with E-state index in [2.05, 4.69) is 10.5 Å². The largest absolute Gasteiger partial charge is 0.504 e. The molecule has 0 heterocycles. The summed E-state index contributed by atoms with van der Waals surface area (Å²) in [5.74, 6) is -0.756. The van der Waals surface area contributed by atoms with Crippen molar-refractivity contribution in [2.75, 3.05) is 0 Å². The third-order valence-corrected chi connectivity index (χ3v) is 2.69. The maximum Gasteiger partial charge on any atom is 0.271 e. The van der Waals surface area contributed by atoms with E-state index < -0.39 is 0 Å². The number of carbonyl (C=O) groups is 1. The number of benzene rings is 2. The van der Waals surface area contributed by atoms with E-state index in [9.17, 15) is 9.90 Å². The van der Waals surface area contributed by atoms with Crippen molar-refractivity contribution in [1.82, 2.24) is 5.43 Å². The van der Waals surface area contributed by atoms with Gasteiger partial charge in [0.1, 0.15) is 0 Å². The Hall–Kier alpha value is -2.82. The molecule has 0 unspecified atom stereocenters. The molecule has 2 rings (SSSR count). The van der Waals surface area contributed by atoms with Gasteiger partial charge in [0.2, 0.25) is 0 Å². The summed E-state index contributed by atoms with van der Waals surface area (Å²) in [6.07, 6.45) is 1.38. The molecule has 2 aromatic rings. The SMILES string of the molecule is Cc1ccc(C(=O)NN=Cc2ccc(O)c(O)c2)cc1. The van der Waals surface area contributed by atoms with E-state index in [1.165, 1.54) is 18.3 Å². The minimum Gasteiger partial charge on any atom is -0.504 e. The summed E-state index contributed by atoms with van der Waals surface area (Å²) < 4.78 is 0. The molecule has 3 N–H and O–H groups in total. The van der Waals surface area contributed by atoms with Crippen LogP contribution in [-0.2, 0) is 0 Å². The smallest absolute Gasteiger partial charge is 0.271 e. The van der Waals surface area contributed by atoms with Crippen molar-refractivity contribution in [2.45, 2.75) is 6.92 Å². The number of carbonyl (C=O) groups excluding carboxylic acids is 1. The van der Waals surface area contributed by atoms with Crippen LogP contribution in [-0.4, -0.2) is 22.3 Å². The Morgan fingerprint density at radius 2 is 1.80 bits per heavy atom. The molecular formula is C15H14N2O3. The Kier molecular flexibility index (Phi) is 4.00. The Bertz CT molecular complexity index is 649. The number of hydrogen-bond donors (Lipinski definition) is 3. The number of nitrogens with one attached hydrogen (secondary N) is 1. The first-order valence-corrected chi connectivity index (χ1v) is 5.98. The van der Waals surface area contributed by atoms with Gasteiger partial charge in [0.05, 0.1) is 6.21 Å². The molecule has 0 aliphatic carbocycles. The van der Waals surface area contributed by atoms with Gasteiger partial charge in [0.25, 0.3) is 5.91 Å². The molecule has 0 aliphatic heterocycles. The molecule has 0 radical (unpaired) electrons. The average molecular weight is 270 g/mol. The highest BCUT2D eigenvalue weighted by atomic mass is 16.3. The summed E-state index contributed by atoms with van der Waals surface area (Å²) in [5, 5.41) is 22.3. The lowest BCUT2D eigenvalue weighted by Crippen LogP contribution is -2.17. The van der Waals surface area contributed by atoms with Gasteiger partial charge in [-0.2, -0.15) is 5.10 Å². The van der Waals surface area contributed by atoms with Crippen LogP contribution in [0.15, 0.2) is 47.6 Å². The summed E-state index contributed by atoms with van der Waals surface area (Å²) in [6.45, 7) is 1.94. The van der Waals surface area contributed by atoms with Crippen LogP contribution >= 0.6 is 0 Å². The Labute approximate surface area is 116 Å². The van der Waals surface area contributed by atoms with Gasteiger partial charge in [-0.1, -0.05) is 17.7 Å². The molecule has 0 spiro atoms. The second-order valence-corrected chi connectivity index (χ2v) is 4.31. The maximum absolute atomic E-state index is 11.8. The molecule has 0 fully saturated rings. The number of amides is 1. The molecule has 0 aliphatic rings. The number of hydrogen-bond acceptors (Lipinski definition) is 4. The zero-order valence-electron chi connectivity index (χ0n) is 10.9. The van der Waals surface area contributed by atoms with Crippen molar-refractivity contribution >= 4 is 12.1 Å². The second-order valence-electron chi connectivity index (χ2n) is 4.31. The van der Waals surface area contributed by atoms with Gasteiger partial charge in [-0.15, -0.1) is 0 Å². The molecule has 1 amide bonds. The molecule has 0 atom stereocenters. The van der Waals surface area contributed by atoms with E-state index >= 15 is 0 Å². The van der Waals surface area contributed by atoms with Crippen LogP contribution in [0.25, 0.3) is 0 Å². The van der Waals surface area contributed by atoms with Gasteiger partial charge in [-0.05, 0) is 42.8 Å². The van der Waals surface area contributed by atoms with E-state index in [0.717, 1.165) is 5.56 Å². The highest BCUT2D eigenvalue weighted by Gasteiger charge is 2.03. The molecule has 5 heteroatoms. The number of aromatic hydroxyl groups is 2. The zero-order chi connectivity index (χ0) is 14.5. The molecule has 102 valence electrons. The minimum absolute atomic E-state index is 0.203. The Balaban J connectivity index is 2.00. The van der Waals surface area contributed by atoms with Crippen LogP contribution in [0.2, 0.25) is 0 Å². The first-order chi connectivity index (χ1) is 9.56. The predicted octanol–water partition coefficient (Wildman–Crippen LogP) is 2.17. The monoisotopic (exact) mass is 270 g/mol. The van der Waals surface area contributed by atoms with Crippen LogP contribution in [0.1, 0.15) is 21.5 Å². The predicted molar refractivity (Wildman–Crippen MR) is 76.0 cm³/mol. The van der Waals surface area contributed by atoms with Crippen molar-refractivity contribution in [3.05, 3.63) is 59.2 Å². The Morgan fingerprint density at radius 1 is 1.10 bits per heavy atom. The summed E-state index contributed by atoms with van der Waals surface area (Å²) >= 11 is 0. The van der Waals surface area contributed by atoms with Crippen molar-refractivity contribution in [3.8, 4) is 11.5 Å². The van der Waals surface area contributed by atoms with E-state index in [1.807, 2.05) is 19.1 Å². The normalized spacial score (nSPS) is 10.7. The fourth-order valence-electron chi connectivity index (χ4n) is 1.56. The lowest BCUT2D eigenvalue weighted by molar-refractivity contribution is 0.0955. The van der Waals surface area contributed by atoms with Gasteiger partial charge in [-0.25, -0.2) is 5.43 Å². The summed E-state index contributed by atoms with van der Waals surface area (Å²) in [5.41, 5.74) is 4.54. The van der Waals surface area contributed by atoms with Gasteiger partial charge < -0.3 is 10.2 Å². The van der Waals surface area contributed by atoms with Crippen LogP contribution in [0, 0.1) is 6.92 Å². The third kappa shape index (κ3) is 3.35. The standard InChI is InChI=1S/C15H14N2O3/c1-10-2-5-12(6-3-10)15(20)17-16-9-11-4-7-13(18)14(19)8-11/h2-9,18-19H,1H3,(H,17,20). The lowest BCUT2D eigenvalue weighted by Gasteiger charge is -2.01. The fraction of sp³-hybridized carbons (Fsp3) is 0.0667. The summed E-state index contributed by atoms with van der Waals surface area (Å²) in [7, 11) is 0. The molecule has 2 aromatic carbocycles. The number of nitrogens with zero attached hydrogens (tertiary/aromatic N) is 1. The molecule has 5 nitrogen and oxygen atoms in total. The topological polar surface area (TPSA) is 81.9 Å². The zero-order valence-corrected chi connectivity index (χ0v) is 10.9. The average Bonchev–Trinajstić information content (AvgIpc) is 2.43. The van der Waals surface area contributed by atoms with Gasteiger partial charge in [0, 0.05) is 5.56 Å². The summed E-state index contributed by atoms with van der Waals surface area (Å²) in [6, 6.07) is 11.4. The first-order valence-electron chi connectivity index (χ1n) is 5.98. The molecule has 0 bridgehead atoms. The third-order valence-electron chi connectivity index (χ3n) is 2.69. The number of hydrazone groups is 1. The molecule has 0 saturated carbocycles. The molecule has 0 saturated heterocycles. The highest BCUT2D eigenvalue weighted by Crippen LogP contribution is 2.23.